The molecule has 4 aromatic rings. The predicted octanol–water partition coefficient (Wildman–Crippen LogP) is 7.35. The topological polar surface area (TPSA) is 47.6 Å². The predicted molar refractivity (Wildman–Crippen MR) is 126 cm³/mol. The van der Waals surface area contributed by atoms with Crippen LogP contribution in [0.25, 0.3) is 10.8 Å². The van der Waals surface area contributed by atoms with Gasteiger partial charge in [-0.3, -0.25) is 4.79 Å². The SMILES string of the molecule is COc1ccc(C(=O)Nc2cc(C(F)(F)F)ccc2Cl)cc1COc1ccc2ccccc2c1. The molecule has 8 heteroatoms. The molecular weight excluding hydrogens is 467 g/mol. The van der Waals surface area contributed by atoms with Crippen molar-refractivity contribution in [3.8, 4) is 11.5 Å². The second-order valence-electron chi connectivity index (χ2n) is 7.47. The lowest BCUT2D eigenvalue weighted by molar-refractivity contribution is -0.137. The Morgan fingerprint density at radius 1 is 0.941 bits per heavy atom. The average molecular weight is 486 g/mol. The third kappa shape index (κ3) is 5.26. The Morgan fingerprint density at radius 2 is 1.71 bits per heavy atom. The molecule has 0 saturated carbocycles. The molecule has 0 saturated heterocycles. The number of ether oxygens (including phenoxy) is 2. The molecule has 4 rings (SSSR count). The van der Waals surface area contributed by atoms with Gasteiger partial charge in [0.2, 0.25) is 0 Å². The first kappa shape index (κ1) is 23.4. The zero-order valence-corrected chi connectivity index (χ0v) is 18.7. The summed E-state index contributed by atoms with van der Waals surface area (Å²) in [4.78, 5) is 12.8. The van der Waals surface area contributed by atoms with Crippen molar-refractivity contribution in [1.82, 2.24) is 0 Å². The fourth-order valence-corrected chi connectivity index (χ4v) is 3.61. The summed E-state index contributed by atoms with van der Waals surface area (Å²) in [5.74, 6) is 0.539. The summed E-state index contributed by atoms with van der Waals surface area (Å²) in [6.45, 7) is 0.118. The van der Waals surface area contributed by atoms with Gasteiger partial charge in [0.1, 0.15) is 18.1 Å². The first-order valence-corrected chi connectivity index (χ1v) is 10.6. The minimum atomic E-state index is -4.56. The van der Waals surface area contributed by atoms with E-state index in [9.17, 15) is 18.0 Å². The van der Waals surface area contributed by atoms with Crippen LogP contribution in [0.15, 0.2) is 78.9 Å². The Bertz CT molecular complexity index is 1350. The number of hydrogen-bond donors (Lipinski definition) is 1. The van der Waals surface area contributed by atoms with E-state index in [1.807, 2.05) is 42.5 Å². The lowest BCUT2D eigenvalue weighted by atomic mass is 10.1. The summed E-state index contributed by atoms with van der Waals surface area (Å²) in [5, 5.41) is 4.55. The van der Waals surface area contributed by atoms with Crippen molar-refractivity contribution in [3.05, 3.63) is 101 Å². The Morgan fingerprint density at radius 3 is 2.44 bits per heavy atom. The van der Waals surface area contributed by atoms with E-state index in [1.165, 1.54) is 13.2 Å². The lowest BCUT2D eigenvalue weighted by Gasteiger charge is -2.14. The zero-order valence-electron chi connectivity index (χ0n) is 17.9. The molecule has 174 valence electrons. The quantitative estimate of drug-likeness (QED) is 0.310. The fraction of sp³-hybridized carbons (Fsp3) is 0.115. The summed E-state index contributed by atoms with van der Waals surface area (Å²) in [6.07, 6.45) is -4.56. The van der Waals surface area contributed by atoms with Gasteiger partial charge in [-0.2, -0.15) is 13.2 Å². The standard InChI is InChI=1S/C26H19ClF3NO3/c1-33-24-11-7-18(25(32)31-23-14-20(26(28,29)30)8-10-22(23)27)12-19(24)15-34-21-9-6-16-4-2-3-5-17(16)13-21/h2-14H,15H2,1H3,(H,31,32). The smallest absolute Gasteiger partial charge is 0.416 e. The molecular formula is C26H19ClF3NO3. The Balaban J connectivity index is 1.54. The molecule has 4 aromatic carbocycles. The summed E-state index contributed by atoms with van der Waals surface area (Å²) >= 11 is 5.99. The van der Waals surface area contributed by atoms with Crippen molar-refractivity contribution in [1.29, 1.82) is 0 Å². The number of halogens is 4. The summed E-state index contributed by atoms with van der Waals surface area (Å²) in [6, 6.07) is 21.0. The summed E-state index contributed by atoms with van der Waals surface area (Å²) in [7, 11) is 1.50. The third-order valence-electron chi connectivity index (χ3n) is 5.20. The number of nitrogens with one attached hydrogen (secondary N) is 1. The van der Waals surface area contributed by atoms with Crippen LogP contribution in [0, 0.1) is 0 Å². The van der Waals surface area contributed by atoms with Crippen LogP contribution in [0.3, 0.4) is 0 Å². The van der Waals surface area contributed by atoms with E-state index in [4.69, 9.17) is 21.1 Å². The molecule has 0 aliphatic rings. The number of carbonyl (C=O) groups excluding carboxylic acids is 1. The normalized spacial score (nSPS) is 11.3. The van der Waals surface area contributed by atoms with Gasteiger partial charge in [-0.15, -0.1) is 0 Å². The molecule has 0 aliphatic heterocycles. The fourth-order valence-electron chi connectivity index (χ4n) is 3.44. The minimum Gasteiger partial charge on any atom is -0.496 e. The van der Waals surface area contributed by atoms with Gasteiger partial charge >= 0.3 is 6.18 Å². The second kappa shape index (κ2) is 9.65. The van der Waals surface area contributed by atoms with Crippen molar-refractivity contribution in [3.63, 3.8) is 0 Å². The van der Waals surface area contributed by atoms with E-state index < -0.39 is 17.6 Å². The number of rotatable bonds is 6. The molecule has 0 unspecified atom stereocenters. The monoisotopic (exact) mass is 485 g/mol. The highest BCUT2D eigenvalue weighted by molar-refractivity contribution is 6.34. The van der Waals surface area contributed by atoms with Gasteiger partial charge in [0, 0.05) is 11.1 Å². The number of hydrogen-bond acceptors (Lipinski definition) is 3. The van der Waals surface area contributed by atoms with Gasteiger partial charge in [0.15, 0.2) is 0 Å². The maximum atomic E-state index is 13.0. The van der Waals surface area contributed by atoms with Gasteiger partial charge in [0.05, 0.1) is 23.4 Å². The van der Waals surface area contributed by atoms with Gasteiger partial charge in [-0.25, -0.2) is 0 Å². The molecule has 0 radical (unpaired) electrons. The minimum absolute atomic E-state index is 0.00489. The molecule has 34 heavy (non-hydrogen) atoms. The Hall–Kier alpha value is -3.71. The van der Waals surface area contributed by atoms with Crippen molar-refractivity contribution in [2.24, 2.45) is 0 Å². The molecule has 0 aromatic heterocycles. The largest absolute Gasteiger partial charge is 0.496 e. The maximum Gasteiger partial charge on any atom is 0.416 e. The van der Waals surface area contributed by atoms with Crippen molar-refractivity contribution in [2.75, 3.05) is 12.4 Å². The molecule has 0 bridgehead atoms. The van der Waals surface area contributed by atoms with Crippen molar-refractivity contribution < 1.29 is 27.4 Å². The number of carbonyl (C=O) groups is 1. The highest BCUT2D eigenvalue weighted by Gasteiger charge is 2.31. The Kier molecular flexibility index (Phi) is 6.65. The number of benzene rings is 4. The van der Waals surface area contributed by atoms with Crippen LogP contribution in [-0.2, 0) is 12.8 Å². The first-order chi connectivity index (χ1) is 16.2. The van der Waals surface area contributed by atoms with E-state index in [0.29, 0.717) is 17.1 Å². The summed E-state index contributed by atoms with van der Waals surface area (Å²) < 4.78 is 50.4. The van der Waals surface area contributed by atoms with Gasteiger partial charge in [-0.1, -0.05) is 41.9 Å². The molecule has 1 amide bonds. The summed E-state index contributed by atoms with van der Waals surface area (Å²) in [5.41, 5.74) is -0.234. The van der Waals surface area contributed by atoms with E-state index in [2.05, 4.69) is 5.32 Å². The van der Waals surface area contributed by atoms with E-state index in [-0.39, 0.29) is 22.9 Å². The number of fused-ring (bicyclic) bond motifs is 1. The molecule has 0 heterocycles. The van der Waals surface area contributed by atoms with Gasteiger partial charge < -0.3 is 14.8 Å². The highest BCUT2D eigenvalue weighted by atomic mass is 35.5. The van der Waals surface area contributed by atoms with Crippen LogP contribution in [0.4, 0.5) is 18.9 Å². The maximum absolute atomic E-state index is 13.0. The number of amides is 1. The second-order valence-corrected chi connectivity index (χ2v) is 7.88. The lowest BCUT2D eigenvalue weighted by Crippen LogP contribution is -2.14. The van der Waals surface area contributed by atoms with E-state index in [1.54, 1.807) is 12.1 Å². The Labute approximate surface area is 198 Å². The van der Waals surface area contributed by atoms with Crippen LogP contribution >= 0.6 is 11.6 Å². The molecule has 1 N–H and O–H groups in total. The molecule has 0 spiro atoms. The van der Waals surface area contributed by atoms with Crippen LogP contribution in [0.2, 0.25) is 5.02 Å². The molecule has 0 aliphatic carbocycles. The van der Waals surface area contributed by atoms with Crippen molar-refractivity contribution >= 4 is 34.0 Å². The zero-order chi connectivity index (χ0) is 24.3. The third-order valence-corrected chi connectivity index (χ3v) is 5.53. The van der Waals surface area contributed by atoms with Gasteiger partial charge in [0.25, 0.3) is 5.91 Å². The van der Waals surface area contributed by atoms with Crippen LogP contribution in [-0.4, -0.2) is 13.0 Å². The molecule has 0 atom stereocenters. The van der Waals surface area contributed by atoms with E-state index >= 15 is 0 Å². The van der Waals surface area contributed by atoms with E-state index in [0.717, 1.165) is 29.0 Å². The average Bonchev–Trinajstić information content (AvgIpc) is 2.83. The number of methoxy groups -OCH3 is 1. The highest BCUT2D eigenvalue weighted by Crippen LogP contribution is 2.34. The molecule has 0 fully saturated rings. The number of anilines is 1. The van der Waals surface area contributed by atoms with Crippen LogP contribution in [0.1, 0.15) is 21.5 Å². The van der Waals surface area contributed by atoms with Crippen LogP contribution < -0.4 is 14.8 Å². The number of alkyl halides is 3. The molecule has 4 nitrogen and oxygen atoms in total. The van der Waals surface area contributed by atoms with Crippen LogP contribution in [0.5, 0.6) is 11.5 Å². The first-order valence-electron chi connectivity index (χ1n) is 10.2. The van der Waals surface area contributed by atoms with Crippen molar-refractivity contribution in [2.45, 2.75) is 12.8 Å². The van der Waals surface area contributed by atoms with Gasteiger partial charge in [-0.05, 0) is 59.3 Å².